The molecular formula is C10H20N2O3. The highest BCUT2D eigenvalue weighted by Crippen LogP contribution is 2.26. The third-order valence-corrected chi connectivity index (χ3v) is 2.11. The molecule has 1 amide bonds. The van der Waals surface area contributed by atoms with Crippen LogP contribution >= 0.6 is 0 Å². The van der Waals surface area contributed by atoms with Crippen molar-refractivity contribution in [1.82, 2.24) is 4.90 Å². The van der Waals surface area contributed by atoms with Crippen LogP contribution in [0.3, 0.4) is 0 Å². The van der Waals surface area contributed by atoms with Crippen LogP contribution in [0.25, 0.3) is 0 Å². The van der Waals surface area contributed by atoms with Gasteiger partial charge in [-0.1, -0.05) is 0 Å². The molecule has 0 aromatic rings. The zero-order valence-corrected chi connectivity index (χ0v) is 10.0. The third kappa shape index (κ3) is 2.82. The van der Waals surface area contributed by atoms with Crippen LogP contribution < -0.4 is 5.73 Å². The van der Waals surface area contributed by atoms with Gasteiger partial charge in [-0.05, 0) is 34.6 Å². The van der Waals surface area contributed by atoms with Crippen LogP contribution in [0.2, 0.25) is 0 Å². The molecule has 0 aromatic heterocycles. The Bertz CT molecular complexity index is 258. The largest absolute Gasteiger partial charge is 0.444 e. The lowest BCUT2D eigenvalue weighted by Gasteiger charge is -2.33. The first-order valence-corrected chi connectivity index (χ1v) is 5.05. The fourth-order valence-electron chi connectivity index (χ4n) is 1.50. The first-order chi connectivity index (χ1) is 6.63. The Hall–Kier alpha value is -0.810. The van der Waals surface area contributed by atoms with E-state index >= 15 is 0 Å². The van der Waals surface area contributed by atoms with E-state index in [2.05, 4.69) is 0 Å². The molecule has 1 fully saturated rings. The maximum Gasteiger partial charge on any atom is 0.413 e. The lowest BCUT2D eigenvalue weighted by Crippen LogP contribution is -2.52. The molecule has 1 atom stereocenters. The van der Waals surface area contributed by atoms with Crippen LogP contribution in [0.5, 0.6) is 0 Å². The third-order valence-electron chi connectivity index (χ3n) is 2.11. The van der Waals surface area contributed by atoms with Crippen molar-refractivity contribution in [2.75, 3.05) is 6.61 Å². The summed E-state index contributed by atoms with van der Waals surface area (Å²) in [6.07, 6.45) is -0.868. The standard InChI is InChI=1S/C10H20N2O3/c1-9(2,3)15-8(13)12-7(11)6-14-10(12,4)5/h7H,6,11H2,1-5H3/t7-/m1/s1. The number of nitrogens with two attached hydrogens (primary N) is 1. The molecule has 5 heteroatoms. The number of carbonyl (C=O) groups excluding carboxylic acids is 1. The molecule has 0 bridgehead atoms. The molecular weight excluding hydrogens is 196 g/mol. The molecule has 1 saturated heterocycles. The molecule has 1 aliphatic rings. The van der Waals surface area contributed by atoms with Gasteiger partial charge in [-0.25, -0.2) is 4.79 Å². The molecule has 1 aliphatic heterocycles. The van der Waals surface area contributed by atoms with Gasteiger partial charge in [0.15, 0.2) is 0 Å². The van der Waals surface area contributed by atoms with Gasteiger partial charge < -0.3 is 15.2 Å². The Morgan fingerprint density at radius 2 is 2.07 bits per heavy atom. The van der Waals surface area contributed by atoms with E-state index in [9.17, 15) is 4.79 Å². The highest BCUT2D eigenvalue weighted by Gasteiger charge is 2.44. The average Bonchev–Trinajstić information content (AvgIpc) is 2.21. The molecule has 2 N–H and O–H groups in total. The Morgan fingerprint density at radius 3 is 2.40 bits per heavy atom. The molecule has 5 nitrogen and oxygen atoms in total. The van der Waals surface area contributed by atoms with E-state index < -0.39 is 23.6 Å². The number of rotatable bonds is 0. The lowest BCUT2D eigenvalue weighted by atomic mass is 10.2. The second kappa shape index (κ2) is 3.64. The molecule has 0 aliphatic carbocycles. The van der Waals surface area contributed by atoms with Gasteiger partial charge in [0.2, 0.25) is 0 Å². The van der Waals surface area contributed by atoms with Gasteiger partial charge >= 0.3 is 6.09 Å². The summed E-state index contributed by atoms with van der Waals surface area (Å²) < 4.78 is 10.7. The van der Waals surface area contributed by atoms with E-state index in [1.807, 2.05) is 20.8 Å². The highest BCUT2D eigenvalue weighted by molar-refractivity contribution is 5.69. The van der Waals surface area contributed by atoms with E-state index in [0.717, 1.165) is 0 Å². The summed E-state index contributed by atoms with van der Waals surface area (Å²) in [6.45, 7) is 9.39. The van der Waals surface area contributed by atoms with Gasteiger partial charge in [0.05, 0.1) is 6.61 Å². The number of hydrogen-bond acceptors (Lipinski definition) is 4. The van der Waals surface area contributed by atoms with E-state index in [1.54, 1.807) is 13.8 Å². The summed E-state index contributed by atoms with van der Waals surface area (Å²) in [5.74, 6) is 0. The minimum Gasteiger partial charge on any atom is -0.444 e. The summed E-state index contributed by atoms with van der Waals surface area (Å²) in [5, 5.41) is 0. The van der Waals surface area contributed by atoms with Crippen molar-refractivity contribution in [2.24, 2.45) is 5.73 Å². The van der Waals surface area contributed by atoms with Crippen LogP contribution in [0.1, 0.15) is 34.6 Å². The minimum absolute atomic E-state index is 0.340. The van der Waals surface area contributed by atoms with Gasteiger partial charge in [0.1, 0.15) is 17.5 Å². The maximum atomic E-state index is 11.8. The number of hydrogen-bond donors (Lipinski definition) is 1. The second-order valence-corrected chi connectivity index (χ2v) is 5.18. The first-order valence-electron chi connectivity index (χ1n) is 5.05. The smallest absolute Gasteiger partial charge is 0.413 e. The summed E-state index contributed by atoms with van der Waals surface area (Å²) >= 11 is 0. The summed E-state index contributed by atoms with van der Waals surface area (Å²) in [5.41, 5.74) is 4.56. The average molecular weight is 216 g/mol. The van der Waals surface area contributed by atoms with Gasteiger partial charge in [0, 0.05) is 0 Å². The zero-order valence-electron chi connectivity index (χ0n) is 10.0. The van der Waals surface area contributed by atoms with Gasteiger partial charge in [0.25, 0.3) is 0 Å². The molecule has 0 radical (unpaired) electrons. The van der Waals surface area contributed by atoms with Gasteiger partial charge in [-0.3, -0.25) is 4.90 Å². The van der Waals surface area contributed by atoms with Crippen LogP contribution in [0.15, 0.2) is 0 Å². The summed E-state index contributed by atoms with van der Waals surface area (Å²) in [7, 11) is 0. The molecule has 1 heterocycles. The Labute approximate surface area is 90.5 Å². The lowest BCUT2D eigenvalue weighted by molar-refractivity contribution is -0.0622. The Balaban J connectivity index is 2.74. The predicted octanol–water partition coefficient (Wildman–Crippen LogP) is 1.27. The number of carbonyl (C=O) groups is 1. The molecule has 1 rings (SSSR count). The van der Waals surface area contributed by atoms with E-state index in [1.165, 1.54) is 4.90 Å². The van der Waals surface area contributed by atoms with Gasteiger partial charge in [-0.15, -0.1) is 0 Å². The normalized spacial score (nSPS) is 25.5. The summed E-state index contributed by atoms with van der Waals surface area (Å²) in [6, 6.07) is 0. The molecule has 88 valence electrons. The van der Waals surface area contributed by atoms with Crippen molar-refractivity contribution in [1.29, 1.82) is 0 Å². The molecule has 0 saturated carbocycles. The first kappa shape index (κ1) is 12.3. The number of ether oxygens (including phenoxy) is 2. The highest BCUT2D eigenvalue weighted by atomic mass is 16.6. The topological polar surface area (TPSA) is 64.8 Å². The quantitative estimate of drug-likeness (QED) is 0.662. The van der Waals surface area contributed by atoms with Crippen LogP contribution in [0, 0.1) is 0 Å². The number of nitrogens with zero attached hydrogens (tertiary/aromatic N) is 1. The molecule has 0 unspecified atom stereocenters. The predicted molar refractivity (Wildman–Crippen MR) is 56.1 cm³/mol. The molecule has 15 heavy (non-hydrogen) atoms. The van der Waals surface area contributed by atoms with Crippen LogP contribution in [-0.2, 0) is 9.47 Å². The van der Waals surface area contributed by atoms with Crippen molar-refractivity contribution in [2.45, 2.75) is 52.1 Å². The van der Waals surface area contributed by atoms with Gasteiger partial charge in [-0.2, -0.15) is 0 Å². The van der Waals surface area contributed by atoms with Crippen molar-refractivity contribution >= 4 is 6.09 Å². The second-order valence-electron chi connectivity index (χ2n) is 5.18. The fourth-order valence-corrected chi connectivity index (χ4v) is 1.50. The monoisotopic (exact) mass is 216 g/mol. The summed E-state index contributed by atoms with van der Waals surface area (Å²) in [4.78, 5) is 13.3. The van der Waals surface area contributed by atoms with Crippen molar-refractivity contribution in [3.8, 4) is 0 Å². The van der Waals surface area contributed by atoms with Crippen molar-refractivity contribution < 1.29 is 14.3 Å². The minimum atomic E-state index is -0.693. The molecule has 0 spiro atoms. The fraction of sp³-hybridized carbons (Fsp3) is 0.900. The SMILES string of the molecule is CC(C)(C)OC(=O)N1[C@@H](N)COC1(C)C. The molecule has 0 aromatic carbocycles. The number of amides is 1. The Morgan fingerprint density at radius 1 is 1.53 bits per heavy atom. The van der Waals surface area contributed by atoms with Crippen molar-refractivity contribution in [3.63, 3.8) is 0 Å². The van der Waals surface area contributed by atoms with E-state index in [-0.39, 0.29) is 0 Å². The van der Waals surface area contributed by atoms with Crippen molar-refractivity contribution in [3.05, 3.63) is 0 Å². The van der Waals surface area contributed by atoms with Crippen LogP contribution in [0.4, 0.5) is 4.79 Å². The Kier molecular flexibility index (Phi) is 2.98. The van der Waals surface area contributed by atoms with Crippen LogP contribution in [-0.4, -0.2) is 35.1 Å². The maximum absolute atomic E-state index is 11.8. The van der Waals surface area contributed by atoms with E-state index in [0.29, 0.717) is 6.61 Å². The zero-order chi connectivity index (χ0) is 11.9. The van der Waals surface area contributed by atoms with E-state index in [4.69, 9.17) is 15.2 Å².